The number of nitrogens with zero attached hydrogens (tertiary/aromatic N) is 4. The minimum absolute atomic E-state index is 0. The predicted octanol–water partition coefficient (Wildman–Crippen LogP) is 2.16. The van der Waals surface area contributed by atoms with Crippen molar-refractivity contribution in [2.45, 2.75) is 45.4 Å². The van der Waals surface area contributed by atoms with E-state index in [2.05, 4.69) is 39.8 Å². The van der Waals surface area contributed by atoms with E-state index in [0.717, 1.165) is 62.3 Å². The molecule has 1 aromatic carbocycles. The number of hydrogen-bond acceptors (Lipinski definition) is 5. The Labute approximate surface area is 189 Å². The van der Waals surface area contributed by atoms with Crippen LogP contribution >= 0.6 is 24.0 Å². The maximum atomic E-state index is 5.20. The van der Waals surface area contributed by atoms with Gasteiger partial charge in [-0.25, -0.2) is 9.67 Å². The van der Waals surface area contributed by atoms with Crippen molar-refractivity contribution in [3.63, 3.8) is 0 Å². The third-order valence-electron chi connectivity index (χ3n) is 4.69. The van der Waals surface area contributed by atoms with E-state index in [1.54, 1.807) is 14.2 Å². The number of fused-ring (bicyclic) bond motifs is 1. The molecule has 0 saturated carbocycles. The van der Waals surface area contributed by atoms with Crippen molar-refractivity contribution in [3.8, 4) is 5.75 Å². The Bertz CT molecular complexity index is 778. The van der Waals surface area contributed by atoms with Crippen LogP contribution in [-0.2, 0) is 30.7 Å². The molecule has 8 nitrogen and oxygen atoms in total. The van der Waals surface area contributed by atoms with Crippen LogP contribution in [0.1, 0.15) is 30.6 Å². The smallest absolute Gasteiger partial charge is 0.191 e. The predicted molar refractivity (Wildman–Crippen MR) is 124 cm³/mol. The second-order valence-corrected chi connectivity index (χ2v) is 6.80. The number of guanidine groups is 1. The van der Waals surface area contributed by atoms with Gasteiger partial charge in [-0.2, -0.15) is 5.10 Å². The normalized spacial score (nSPS) is 16.0. The molecule has 0 aliphatic carbocycles. The van der Waals surface area contributed by atoms with Gasteiger partial charge in [0.25, 0.3) is 0 Å². The van der Waals surface area contributed by atoms with Gasteiger partial charge in [-0.1, -0.05) is 12.1 Å². The van der Waals surface area contributed by atoms with Crippen LogP contribution in [0.2, 0.25) is 0 Å². The van der Waals surface area contributed by atoms with E-state index < -0.39 is 0 Å². The van der Waals surface area contributed by atoms with Crippen LogP contribution in [0.4, 0.5) is 0 Å². The van der Waals surface area contributed by atoms with E-state index in [9.17, 15) is 0 Å². The molecule has 0 bridgehead atoms. The number of methoxy groups -OCH3 is 2. The van der Waals surface area contributed by atoms with Crippen LogP contribution in [0.25, 0.3) is 0 Å². The van der Waals surface area contributed by atoms with Crippen molar-refractivity contribution >= 4 is 29.9 Å². The lowest BCUT2D eigenvalue weighted by atomic mass is 10.1. The van der Waals surface area contributed by atoms with Crippen molar-refractivity contribution < 1.29 is 9.47 Å². The summed E-state index contributed by atoms with van der Waals surface area (Å²) in [5.74, 6) is 3.51. The zero-order valence-electron chi connectivity index (χ0n) is 17.4. The fraction of sp³-hybridized carbons (Fsp3) is 0.550. The Hall–Kier alpha value is -1.88. The molecule has 1 atom stereocenters. The molecule has 1 aliphatic heterocycles. The SMILES string of the molecule is CCNC(=NCCc1ccc(OC)cc1)NC1CCc2nc(COC)nn2C1.I. The number of aliphatic imine (C=N–C) groups is 1. The van der Waals surface area contributed by atoms with Gasteiger partial charge in [0, 0.05) is 32.7 Å². The number of aromatic nitrogens is 3. The molecule has 2 aromatic rings. The summed E-state index contributed by atoms with van der Waals surface area (Å²) in [4.78, 5) is 9.26. The molecule has 9 heteroatoms. The van der Waals surface area contributed by atoms with Gasteiger partial charge in [0.2, 0.25) is 0 Å². The van der Waals surface area contributed by atoms with Crippen molar-refractivity contribution in [2.24, 2.45) is 4.99 Å². The fourth-order valence-electron chi connectivity index (χ4n) is 3.27. The Morgan fingerprint density at radius 3 is 2.76 bits per heavy atom. The molecule has 160 valence electrons. The Balaban J connectivity index is 0.00000300. The third-order valence-corrected chi connectivity index (χ3v) is 4.69. The summed E-state index contributed by atoms with van der Waals surface area (Å²) >= 11 is 0. The molecular weight excluding hydrogens is 483 g/mol. The topological polar surface area (TPSA) is 85.6 Å². The first-order valence-electron chi connectivity index (χ1n) is 9.81. The molecule has 0 fully saturated rings. The number of ether oxygens (including phenoxy) is 2. The van der Waals surface area contributed by atoms with Gasteiger partial charge < -0.3 is 20.1 Å². The molecule has 0 radical (unpaired) electrons. The average Bonchev–Trinajstić information content (AvgIpc) is 3.10. The number of halogens is 1. The molecule has 1 aliphatic rings. The first-order chi connectivity index (χ1) is 13.7. The van der Waals surface area contributed by atoms with Crippen molar-refractivity contribution in [3.05, 3.63) is 41.5 Å². The number of nitrogens with one attached hydrogen (secondary N) is 2. The molecule has 1 aromatic heterocycles. The molecular formula is C20H31IN6O2. The maximum absolute atomic E-state index is 5.20. The van der Waals surface area contributed by atoms with E-state index >= 15 is 0 Å². The third kappa shape index (κ3) is 6.84. The quantitative estimate of drug-likeness (QED) is 0.319. The van der Waals surface area contributed by atoms with E-state index in [-0.39, 0.29) is 30.0 Å². The molecule has 1 unspecified atom stereocenters. The summed E-state index contributed by atoms with van der Waals surface area (Å²) in [6.45, 7) is 4.87. The van der Waals surface area contributed by atoms with E-state index in [4.69, 9.17) is 14.5 Å². The zero-order chi connectivity index (χ0) is 19.8. The van der Waals surface area contributed by atoms with Gasteiger partial charge in [0.05, 0.1) is 13.7 Å². The first-order valence-corrected chi connectivity index (χ1v) is 9.81. The summed E-state index contributed by atoms with van der Waals surface area (Å²) in [5.41, 5.74) is 1.25. The van der Waals surface area contributed by atoms with Crippen LogP contribution < -0.4 is 15.4 Å². The minimum Gasteiger partial charge on any atom is -0.497 e. The standard InChI is InChI=1S/C20H30N6O2.HI/c1-4-21-20(22-12-11-15-5-8-17(28-3)9-6-15)23-16-7-10-19-24-18(14-27-2)25-26(19)13-16;/h5-6,8-9,16H,4,7,10-14H2,1-3H3,(H2,21,22,23);1H. The summed E-state index contributed by atoms with van der Waals surface area (Å²) in [6, 6.07) is 8.42. The highest BCUT2D eigenvalue weighted by molar-refractivity contribution is 14.0. The van der Waals surface area contributed by atoms with Gasteiger partial charge in [-0.15, -0.1) is 24.0 Å². The van der Waals surface area contributed by atoms with Gasteiger partial charge >= 0.3 is 0 Å². The lowest BCUT2D eigenvalue weighted by molar-refractivity contribution is 0.177. The maximum Gasteiger partial charge on any atom is 0.191 e. The van der Waals surface area contributed by atoms with Crippen molar-refractivity contribution in [1.82, 2.24) is 25.4 Å². The van der Waals surface area contributed by atoms with Crippen LogP contribution in [0, 0.1) is 0 Å². The van der Waals surface area contributed by atoms with Gasteiger partial charge in [0.1, 0.15) is 18.2 Å². The molecule has 2 heterocycles. The van der Waals surface area contributed by atoms with E-state index in [0.29, 0.717) is 6.61 Å². The van der Waals surface area contributed by atoms with Crippen LogP contribution in [-0.4, -0.2) is 54.1 Å². The molecule has 0 saturated heterocycles. The van der Waals surface area contributed by atoms with Crippen LogP contribution in [0.5, 0.6) is 5.75 Å². The summed E-state index contributed by atoms with van der Waals surface area (Å²) in [6.07, 6.45) is 2.80. The van der Waals surface area contributed by atoms with Gasteiger partial charge in [0.15, 0.2) is 11.8 Å². The van der Waals surface area contributed by atoms with Gasteiger partial charge in [-0.05, 0) is 37.5 Å². The molecule has 2 N–H and O–H groups in total. The fourth-order valence-corrected chi connectivity index (χ4v) is 3.27. The van der Waals surface area contributed by atoms with E-state index in [1.165, 1.54) is 5.56 Å². The molecule has 3 rings (SSSR count). The second-order valence-electron chi connectivity index (χ2n) is 6.80. The molecule has 29 heavy (non-hydrogen) atoms. The summed E-state index contributed by atoms with van der Waals surface area (Å²) < 4.78 is 12.3. The highest BCUT2D eigenvalue weighted by Gasteiger charge is 2.22. The first kappa shape index (κ1) is 23.4. The lowest BCUT2D eigenvalue weighted by Gasteiger charge is -2.25. The van der Waals surface area contributed by atoms with Crippen molar-refractivity contribution in [2.75, 3.05) is 27.3 Å². The van der Waals surface area contributed by atoms with E-state index in [1.807, 2.05) is 16.8 Å². The number of rotatable bonds is 8. The largest absolute Gasteiger partial charge is 0.497 e. The van der Waals surface area contributed by atoms with Crippen LogP contribution in [0.15, 0.2) is 29.3 Å². The Morgan fingerprint density at radius 1 is 1.28 bits per heavy atom. The number of aryl methyl sites for hydroxylation is 1. The monoisotopic (exact) mass is 514 g/mol. The summed E-state index contributed by atoms with van der Waals surface area (Å²) in [7, 11) is 3.34. The summed E-state index contributed by atoms with van der Waals surface area (Å²) in [5, 5.41) is 11.4. The Kier molecular flexibility index (Phi) is 9.65. The number of benzene rings is 1. The lowest BCUT2D eigenvalue weighted by Crippen LogP contribution is -2.47. The minimum atomic E-state index is 0. The zero-order valence-corrected chi connectivity index (χ0v) is 19.7. The second kappa shape index (κ2) is 12.0. The molecule has 0 spiro atoms. The molecule has 0 amide bonds. The van der Waals surface area contributed by atoms with Gasteiger partial charge in [-0.3, -0.25) is 4.99 Å². The highest BCUT2D eigenvalue weighted by Crippen LogP contribution is 2.14. The number of hydrogen-bond donors (Lipinski definition) is 2. The van der Waals surface area contributed by atoms with Crippen LogP contribution in [0.3, 0.4) is 0 Å². The highest BCUT2D eigenvalue weighted by atomic mass is 127. The van der Waals surface area contributed by atoms with Crippen molar-refractivity contribution in [1.29, 1.82) is 0 Å². The average molecular weight is 514 g/mol. The Morgan fingerprint density at radius 2 is 2.07 bits per heavy atom.